The molecule has 0 aliphatic carbocycles. The fraction of sp³-hybridized carbons (Fsp3) is 0.0556. The molecule has 0 bridgehead atoms. The van der Waals surface area contributed by atoms with Crippen LogP contribution < -0.4 is 10.4 Å². The normalized spacial score (nSPS) is 10.9. The van der Waals surface area contributed by atoms with Crippen molar-refractivity contribution < 1.29 is 18.5 Å². The molecule has 0 fully saturated rings. The molecule has 4 rings (SSSR count). The van der Waals surface area contributed by atoms with E-state index in [0.29, 0.717) is 22.3 Å². The zero-order valence-electron chi connectivity index (χ0n) is 13.9. The summed E-state index contributed by atoms with van der Waals surface area (Å²) in [7, 11) is 1.48. The number of nitro benzene ring substituents is 1. The summed E-state index contributed by atoms with van der Waals surface area (Å²) in [6.45, 7) is 0. The second kappa shape index (κ2) is 6.37. The summed E-state index contributed by atoms with van der Waals surface area (Å²) in [6.07, 6.45) is 0. The molecular formula is C18H11N3O6. The van der Waals surface area contributed by atoms with Crippen LogP contribution in [-0.4, -0.2) is 22.2 Å². The molecule has 4 aromatic rings. The second-order valence-corrected chi connectivity index (χ2v) is 5.54. The zero-order valence-corrected chi connectivity index (χ0v) is 13.9. The second-order valence-electron chi connectivity index (χ2n) is 5.54. The number of hydrogen-bond acceptors (Lipinski definition) is 8. The van der Waals surface area contributed by atoms with E-state index in [9.17, 15) is 14.9 Å². The quantitative estimate of drug-likeness (QED) is 0.306. The molecule has 0 N–H and O–H groups in total. The van der Waals surface area contributed by atoms with E-state index >= 15 is 0 Å². The molecule has 9 nitrogen and oxygen atoms in total. The lowest BCUT2D eigenvalue weighted by Crippen LogP contribution is -2.03. The summed E-state index contributed by atoms with van der Waals surface area (Å²) in [6, 6.07) is 12.4. The van der Waals surface area contributed by atoms with Gasteiger partial charge in [-0.05, 0) is 24.3 Å². The summed E-state index contributed by atoms with van der Waals surface area (Å²) in [5, 5.41) is 19.2. The van der Waals surface area contributed by atoms with Crippen LogP contribution >= 0.6 is 0 Å². The average molecular weight is 365 g/mol. The number of methoxy groups -OCH3 is 1. The number of non-ortho nitro benzene ring substituents is 1. The summed E-state index contributed by atoms with van der Waals surface area (Å²) in [4.78, 5) is 22.6. The van der Waals surface area contributed by atoms with Crippen molar-refractivity contribution in [3.05, 3.63) is 69.1 Å². The first-order valence-electron chi connectivity index (χ1n) is 7.76. The maximum Gasteiger partial charge on any atom is 0.349 e. The van der Waals surface area contributed by atoms with Crippen molar-refractivity contribution in [1.82, 2.24) is 10.2 Å². The largest absolute Gasteiger partial charge is 0.493 e. The molecule has 2 aromatic carbocycles. The molecule has 134 valence electrons. The molecule has 0 aliphatic rings. The Morgan fingerprint density at radius 2 is 1.78 bits per heavy atom. The van der Waals surface area contributed by atoms with Crippen LogP contribution in [-0.2, 0) is 0 Å². The predicted molar refractivity (Wildman–Crippen MR) is 94.4 cm³/mol. The van der Waals surface area contributed by atoms with Gasteiger partial charge >= 0.3 is 5.63 Å². The molecule has 0 amide bonds. The molecule has 0 aliphatic heterocycles. The minimum Gasteiger partial charge on any atom is -0.493 e. The minimum atomic E-state index is -0.647. The Morgan fingerprint density at radius 3 is 2.48 bits per heavy atom. The van der Waals surface area contributed by atoms with E-state index in [4.69, 9.17) is 13.6 Å². The van der Waals surface area contributed by atoms with Crippen LogP contribution in [0.25, 0.3) is 33.9 Å². The van der Waals surface area contributed by atoms with Gasteiger partial charge in [-0.15, -0.1) is 10.2 Å². The van der Waals surface area contributed by atoms with E-state index < -0.39 is 10.5 Å². The van der Waals surface area contributed by atoms with Crippen LogP contribution in [0, 0.1) is 10.1 Å². The third-order valence-electron chi connectivity index (χ3n) is 3.92. The Morgan fingerprint density at radius 1 is 1.04 bits per heavy atom. The molecule has 0 unspecified atom stereocenters. The first kappa shape index (κ1) is 16.5. The van der Waals surface area contributed by atoms with Gasteiger partial charge in [-0.2, -0.15) is 0 Å². The van der Waals surface area contributed by atoms with Crippen LogP contribution in [0.4, 0.5) is 5.69 Å². The third-order valence-corrected chi connectivity index (χ3v) is 3.92. The number of hydrogen-bond donors (Lipinski definition) is 0. The van der Waals surface area contributed by atoms with Crippen LogP contribution in [0.1, 0.15) is 0 Å². The highest BCUT2D eigenvalue weighted by atomic mass is 16.6. The summed E-state index contributed by atoms with van der Waals surface area (Å²) in [5.74, 6) is 0.556. The molecular weight excluding hydrogens is 354 g/mol. The van der Waals surface area contributed by atoms with Gasteiger partial charge in [0.1, 0.15) is 5.56 Å². The first-order valence-corrected chi connectivity index (χ1v) is 7.76. The lowest BCUT2D eigenvalue weighted by Gasteiger charge is -2.03. The fourth-order valence-corrected chi connectivity index (χ4v) is 2.60. The number of ether oxygens (including phenoxy) is 1. The van der Waals surface area contributed by atoms with E-state index in [0.717, 1.165) is 0 Å². The van der Waals surface area contributed by atoms with Crippen LogP contribution in [0.2, 0.25) is 0 Å². The Balaban J connectivity index is 1.76. The minimum absolute atomic E-state index is 0.0122. The average Bonchev–Trinajstić information content (AvgIpc) is 3.17. The highest BCUT2D eigenvalue weighted by molar-refractivity contribution is 5.85. The summed E-state index contributed by atoms with van der Waals surface area (Å²) < 4.78 is 16.1. The smallest absolute Gasteiger partial charge is 0.349 e. The number of fused-ring (bicyclic) bond motifs is 1. The topological polar surface area (TPSA) is 122 Å². The van der Waals surface area contributed by atoms with Gasteiger partial charge in [0.15, 0.2) is 11.3 Å². The van der Waals surface area contributed by atoms with Crippen molar-refractivity contribution in [2.24, 2.45) is 0 Å². The summed E-state index contributed by atoms with van der Waals surface area (Å²) >= 11 is 0. The number of para-hydroxylation sites is 1. The molecule has 0 saturated heterocycles. The molecule has 0 atom stereocenters. The van der Waals surface area contributed by atoms with E-state index in [1.54, 1.807) is 24.3 Å². The Hall–Kier alpha value is -4.01. The van der Waals surface area contributed by atoms with Crippen molar-refractivity contribution >= 4 is 16.7 Å². The fourth-order valence-electron chi connectivity index (χ4n) is 2.60. The lowest BCUT2D eigenvalue weighted by molar-refractivity contribution is -0.384. The first-order chi connectivity index (χ1) is 13.1. The number of rotatable bonds is 4. The molecule has 27 heavy (non-hydrogen) atoms. The Labute approximate surface area is 151 Å². The SMILES string of the molecule is COc1cccc2cc(-c3nnc(-c4ccc([N+](=O)[O-])cc4)o3)c(=O)oc12. The van der Waals surface area contributed by atoms with Crippen molar-refractivity contribution in [3.8, 4) is 28.7 Å². The standard InChI is InChI=1S/C18H11N3O6/c1-25-14-4-2-3-11-9-13(18(22)26-15(11)14)17-20-19-16(27-17)10-5-7-12(8-6-10)21(23)24/h2-9H,1H3. The van der Waals surface area contributed by atoms with Crippen molar-refractivity contribution in [2.45, 2.75) is 0 Å². The molecule has 2 heterocycles. The van der Waals surface area contributed by atoms with Gasteiger partial charge in [-0.25, -0.2) is 4.79 Å². The molecule has 9 heteroatoms. The van der Waals surface area contributed by atoms with Crippen LogP contribution in [0.3, 0.4) is 0 Å². The lowest BCUT2D eigenvalue weighted by atomic mass is 10.2. The van der Waals surface area contributed by atoms with Crippen molar-refractivity contribution in [2.75, 3.05) is 7.11 Å². The van der Waals surface area contributed by atoms with E-state index in [-0.39, 0.29) is 23.0 Å². The Kier molecular flexibility index (Phi) is 3.88. The maximum absolute atomic E-state index is 12.3. The zero-order chi connectivity index (χ0) is 19.0. The predicted octanol–water partition coefficient (Wildman–Crippen LogP) is 3.43. The van der Waals surface area contributed by atoms with Gasteiger partial charge < -0.3 is 13.6 Å². The van der Waals surface area contributed by atoms with Gasteiger partial charge in [-0.3, -0.25) is 10.1 Å². The van der Waals surface area contributed by atoms with Crippen molar-refractivity contribution in [3.63, 3.8) is 0 Å². The number of nitrogens with zero attached hydrogens (tertiary/aromatic N) is 3. The molecule has 0 radical (unpaired) electrons. The molecule has 0 spiro atoms. The van der Waals surface area contributed by atoms with Crippen LogP contribution in [0.15, 0.2) is 62.2 Å². The van der Waals surface area contributed by atoms with E-state index in [1.807, 2.05) is 0 Å². The Bertz CT molecular complexity index is 1210. The van der Waals surface area contributed by atoms with E-state index in [2.05, 4.69) is 10.2 Å². The molecule has 2 aromatic heterocycles. The highest BCUT2D eigenvalue weighted by Gasteiger charge is 2.17. The van der Waals surface area contributed by atoms with Gasteiger partial charge in [-0.1, -0.05) is 12.1 Å². The maximum atomic E-state index is 12.3. The number of aromatic nitrogens is 2. The van der Waals surface area contributed by atoms with Crippen LogP contribution in [0.5, 0.6) is 5.75 Å². The van der Waals surface area contributed by atoms with Crippen molar-refractivity contribution in [1.29, 1.82) is 0 Å². The van der Waals surface area contributed by atoms with Gasteiger partial charge in [0.2, 0.25) is 5.89 Å². The third kappa shape index (κ3) is 2.91. The monoisotopic (exact) mass is 365 g/mol. The van der Waals surface area contributed by atoms with Gasteiger partial charge in [0.05, 0.1) is 12.0 Å². The summed E-state index contributed by atoms with van der Waals surface area (Å²) in [5.41, 5.74) is 0.222. The number of nitro groups is 1. The highest BCUT2D eigenvalue weighted by Crippen LogP contribution is 2.28. The van der Waals surface area contributed by atoms with E-state index in [1.165, 1.54) is 31.4 Å². The van der Waals surface area contributed by atoms with Gasteiger partial charge in [0, 0.05) is 23.1 Å². The van der Waals surface area contributed by atoms with Gasteiger partial charge in [0.25, 0.3) is 11.6 Å². The number of benzene rings is 2. The molecule has 0 saturated carbocycles.